The van der Waals surface area contributed by atoms with Gasteiger partial charge in [0.1, 0.15) is 11.5 Å². The van der Waals surface area contributed by atoms with Crippen LogP contribution >= 0.6 is 0 Å². The minimum atomic E-state index is -2.75. The third-order valence-corrected chi connectivity index (χ3v) is 6.90. The second kappa shape index (κ2) is 13.5. The van der Waals surface area contributed by atoms with Gasteiger partial charge in [0.25, 0.3) is 11.8 Å². The average molecular weight is 583 g/mol. The molecule has 0 bridgehead atoms. The zero-order valence-corrected chi connectivity index (χ0v) is 24.0. The predicted molar refractivity (Wildman–Crippen MR) is 158 cm³/mol. The van der Waals surface area contributed by atoms with E-state index in [1.807, 2.05) is 23.1 Å². The number of anilines is 3. The van der Waals surface area contributed by atoms with E-state index in [2.05, 4.69) is 27.4 Å². The molecule has 224 valence electrons. The number of piperazine rings is 1. The number of aryl methyl sites for hydroxylation is 2. The Bertz CT molecular complexity index is 1390. The second-order valence-corrected chi connectivity index (χ2v) is 10.2. The lowest BCUT2D eigenvalue weighted by molar-refractivity contribution is -0.111. The van der Waals surface area contributed by atoms with Crippen LogP contribution in [-0.4, -0.2) is 79.8 Å². The number of nitrogens with one attached hydrogen (secondary N) is 3. The van der Waals surface area contributed by atoms with Crippen LogP contribution in [0, 0.1) is 0 Å². The summed E-state index contributed by atoms with van der Waals surface area (Å²) in [5.74, 6) is -1.92. The molecule has 4 rings (SSSR count). The van der Waals surface area contributed by atoms with Gasteiger partial charge in [-0.1, -0.05) is 6.58 Å². The fourth-order valence-electron chi connectivity index (χ4n) is 4.80. The number of hydrogen-bond donors (Lipinski definition) is 3. The van der Waals surface area contributed by atoms with Gasteiger partial charge in [-0.05, 0) is 54.8 Å². The molecule has 42 heavy (non-hydrogen) atoms. The number of methoxy groups -OCH3 is 2. The van der Waals surface area contributed by atoms with Crippen LogP contribution in [0.1, 0.15) is 28.5 Å². The molecular weight excluding hydrogens is 546 g/mol. The lowest BCUT2D eigenvalue weighted by Crippen LogP contribution is -2.49. The van der Waals surface area contributed by atoms with E-state index in [9.17, 15) is 18.4 Å². The molecule has 1 aromatic heterocycles. The van der Waals surface area contributed by atoms with E-state index in [-0.39, 0.29) is 12.1 Å². The highest BCUT2D eigenvalue weighted by Gasteiger charge is 2.28. The quantitative estimate of drug-likeness (QED) is 0.272. The fraction of sp³-hybridized carbons (Fsp3) is 0.367. The highest BCUT2D eigenvalue weighted by molar-refractivity contribution is 6.11. The summed E-state index contributed by atoms with van der Waals surface area (Å²) in [5, 5.41) is 12.7. The Morgan fingerprint density at radius 3 is 2.33 bits per heavy atom. The van der Waals surface area contributed by atoms with Crippen molar-refractivity contribution in [2.45, 2.75) is 25.7 Å². The number of aromatic amines is 1. The molecule has 0 unspecified atom stereocenters. The first kappa shape index (κ1) is 30.5. The molecule has 2 heterocycles. The molecular formula is C30H36F2N6O4. The Balaban J connectivity index is 1.42. The van der Waals surface area contributed by atoms with E-state index in [4.69, 9.17) is 9.47 Å². The third kappa shape index (κ3) is 8.29. The van der Waals surface area contributed by atoms with E-state index < -0.39 is 17.7 Å². The van der Waals surface area contributed by atoms with Crippen molar-refractivity contribution in [2.75, 3.05) is 62.5 Å². The number of carbonyl (C=O) groups excluding carboxylic acids is 2. The molecule has 12 heteroatoms. The van der Waals surface area contributed by atoms with Crippen molar-refractivity contribution in [3.8, 4) is 11.5 Å². The SMILES string of the molecule is C=CC(=O)Nc1cc(N2CCN(CC(C)(F)F)CC2)ccc1C(=O)Nc1cc(CCc2cc(OC)cc(OC)c2)[nH]n1. The molecule has 0 atom stereocenters. The summed E-state index contributed by atoms with van der Waals surface area (Å²) < 4.78 is 37.5. The number of benzene rings is 2. The van der Waals surface area contributed by atoms with Crippen LogP contribution < -0.4 is 25.0 Å². The van der Waals surface area contributed by atoms with Gasteiger partial charge in [0.15, 0.2) is 5.82 Å². The lowest BCUT2D eigenvalue weighted by Gasteiger charge is -2.37. The van der Waals surface area contributed by atoms with Gasteiger partial charge < -0.3 is 25.0 Å². The van der Waals surface area contributed by atoms with Crippen molar-refractivity contribution in [2.24, 2.45) is 0 Å². The highest BCUT2D eigenvalue weighted by atomic mass is 19.3. The molecule has 2 amide bonds. The number of amides is 2. The molecule has 1 aliphatic heterocycles. The number of halogens is 2. The van der Waals surface area contributed by atoms with Crippen LogP contribution in [0.2, 0.25) is 0 Å². The van der Waals surface area contributed by atoms with Crippen molar-refractivity contribution in [1.82, 2.24) is 15.1 Å². The van der Waals surface area contributed by atoms with Crippen LogP contribution in [0.4, 0.5) is 26.0 Å². The normalized spacial score (nSPS) is 13.9. The van der Waals surface area contributed by atoms with Crippen LogP contribution in [0.5, 0.6) is 11.5 Å². The predicted octanol–water partition coefficient (Wildman–Crippen LogP) is 4.37. The molecule has 1 aliphatic rings. The fourth-order valence-corrected chi connectivity index (χ4v) is 4.80. The molecule has 3 aromatic rings. The molecule has 2 aromatic carbocycles. The maximum absolute atomic E-state index is 13.4. The van der Waals surface area contributed by atoms with Crippen molar-refractivity contribution < 1.29 is 27.8 Å². The molecule has 1 saturated heterocycles. The van der Waals surface area contributed by atoms with Gasteiger partial charge in [-0.2, -0.15) is 5.10 Å². The van der Waals surface area contributed by atoms with E-state index in [0.717, 1.165) is 29.9 Å². The lowest BCUT2D eigenvalue weighted by atomic mass is 10.1. The Morgan fingerprint density at radius 1 is 1.02 bits per heavy atom. The molecule has 10 nitrogen and oxygen atoms in total. The first-order valence-corrected chi connectivity index (χ1v) is 13.6. The van der Waals surface area contributed by atoms with Gasteiger partial charge in [0.05, 0.1) is 32.0 Å². The maximum atomic E-state index is 13.4. The third-order valence-electron chi connectivity index (χ3n) is 6.90. The number of aromatic nitrogens is 2. The Labute approximate surface area is 243 Å². The number of carbonyl (C=O) groups is 2. The molecule has 0 saturated carbocycles. The number of hydrogen-bond acceptors (Lipinski definition) is 7. The summed E-state index contributed by atoms with van der Waals surface area (Å²) in [4.78, 5) is 29.2. The number of rotatable bonds is 12. The van der Waals surface area contributed by atoms with Crippen LogP contribution in [0.15, 0.2) is 55.1 Å². The minimum absolute atomic E-state index is 0.242. The van der Waals surface area contributed by atoms with Crippen molar-refractivity contribution in [1.29, 1.82) is 0 Å². The van der Waals surface area contributed by atoms with Gasteiger partial charge in [-0.25, -0.2) is 8.78 Å². The molecule has 1 fully saturated rings. The largest absolute Gasteiger partial charge is 0.497 e. The van der Waals surface area contributed by atoms with Crippen LogP contribution in [-0.2, 0) is 17.6 Å². The summed E-state index contributed by atoms with van der Waals surface area (Å²) in [5.41, 5.74) is 3.16. The zero-order valence-electron chi connectivity index (χ0n) is 24.0. The summed E-state index contributed by atoms with van der Waals surface area (Å²) in [6, 6.07) is 12.6. The van der Waals surface area contributed by atoms with Crippen molar-refractivity contribution in [3.63, 3.8) is 0 Å². The average Bonchev–Trinajstić information content (AvgIpc) is 3.42. The topological polar surface area (TPSA) is 112 Å². The molecule has 0 aliphatic carbocycles. The van der Waals surface area contributed by atoms with Crippen molar-refractivity contribution >= 4 is 29.0 Å². The van der Waals surface area contributed by atoms with E-state index >= 15 is 0 Å². The smallest absolute Gasteiger partial charge is 0.258 e. The van der Waals surface area contributed by atoms with E-state index in [1.54, 1.807) is 43.4 Å². The summed E-state index contributed by atoms with van der Waals surface area (Å²) in [6.07, 6.45) is 2.45. The Hall–Kier alpha value is -4.45. The first-order valence-electron chi connectivity index (χ1n) is 13.6. The highest BCUT2D eigenvalue weighted by Crippen LogP contribution is 2.27. The standard InChI is InChI=1S/C30H36F2N6O4/c1-5-28(39)33-26-17-22(38-12-10-37(11-13-38)19-30(2,31)32)8-9-25(26)29(40)34-27-16-21(35-36-27)7-6-20-14-23(41-3)18-24(15-20)42-4/h5,8-9,14-18H,1,6-7,10-13,19H2,2-4H3,(H,33,39)(H2,34,35,36,40). The number of ether oxygens (including phenoxy) is 2. The van der Waals surface area contributed by atoms with E-state index in [1.165, 1.54) is 0 Å². The maximum Gasteiger partial charge on any atom is 0.258 e. The summed E-state index contributed by atoms with van der Waals surface area (Å²) in [6.45, 7) is 6.16. The monoisotopic (exact) mass is 582 g/mol. The van der Waals surface area contributed by atoms with Gasteiger partial charge in [-0.15, -0.1) is 0 Å². The molecule has 0 spiro atoms. The van der Waals surface area contributed by atoms with Crippen LogP contribution in [0.25, 0.3) is 0 Å². The van der Waals surface area contributed by atoms with E-state index in [0.29, 0.717) is 62.0 Å². The van der Waals surface area contributed by atoms with Crippen molar-refractivity contribution in [3.05, 3.63) is 71.9 Å². The summed E-state index contributed by atoms with van der Waals surface area (Å²) in [7, 11) is 3.20. The van der Waals surface area contributed by atoms with Gasteiger partial charge in [0, 0.05) is 56.6 Å². The number of alkyl halides is 2. The number of H-pyrrole nitrogens is 1. The number of nitrogens with zero attached hydrogens (tertiary/aromatic N) is 3. The Kier molecular flexibility index (Phi) is 9.79. The van der Waals surface area contributed by atoms with Gasteiger partial charge in [0.2, 0.25) is 5.91 Å². The molecule has 3 N–H and O–H groups in total. The molecule has 0 radical (unpaired) electrons. The van der Waals surface area contributed by atoms with Crippen LogP contribution in [0.3, 0.4) is 0 Å². The Morgan fingerprint density at radius 2 is 1.71 bits per heavy atom. The first-order chi connectivity index (χ1) is 20.1. The van der Waals surface area contributed by atoms with Gasteiger partial charge >= 0.3 is 0 Å². The minimum Gasteiger partial charge on any atom is -0.497 e. The zero-order chi connectivity index (χ0) is 30.3. The summed E-state index contributed by atoms with van der Waals surface area (Å²) >= 11 is 0. The second-order valence-electron chi connectivity index (χ2n) is 10.2. The van der Waals surface area contributed by atoms with Gasteiger partial charge in [-0.3, -0.25) is 19.6 Å².